The molecule has 2 fully saturated rings. The molecule has 13 nitrogen and oxygen atoms in total. The van der Waals surface area contributed by atoms with Crippen LogP contribution in [0.15, 0.2) is 29.8 Å². The molecule has 2 unspecified atom stereocenters. The molecule has 0 bridgehead atoms. The maximum absolute atomic E-state index is 14.1. The van der Waals surface area contributed by atoms with Crippen molar-refractivity contribution in [1.29, 1.82) is 0 Å². The first-order chi connectivity index (χ1) is 24.3. The van der Waals surface area contributed by atoms with Crippen LogP contribution in [0.2, 0.25) is 0 Å². The molecule has 1 aromatic heterocycles. The number of nitrogens with one attached hydrogen (secondary N) is 2. The minimum Gasteiger partial charge on any atom is -0.391 e. The third-order valence-corrected chi connectivity index (χ3v) is 10.4. The maximum atomic E-state index is 14.1. The molecule has 284 valence electrons. The second-order valence-corrected chi connectivity index (χ2v) is 15.3. The Morgan fingerprint density at radius 2 is 1.67 bits per heavy atom. The highest BCUT2D eigenvalue weighted by Gasteiger charge is 2.44. The number of rotatable bonds is 17. The van der Waals surface area contributed by atoms with E-state index in [0.717, 1.165) is 41.3 Å². The van der Waals surface area contributed by atoms with Gasteiger partial charge in [0.15, 0.2) is 6.29 Å². The summed E-state index contributed by atoms with van der Waals surface area (Å²) in [7, 11) is 0. The number of aryl methyl sites for hydroxylation is 1. The van der Waals surface area contributed by atoms with Crippen molar-refractivity contribution in [2.45, 2.75) is 85.4 Å². The summed E-state index contributed by atoms with van der Waals surface area (Å²) in [4.78, 5) is 52.3. The van der Waals surface area contributed by atoms with E-state index >= 15 is 0 Å². The zero-order chi connectivity index (χ0) is 37.1. The average molecular weight is 731 g/mol. The fourth-order valence-electron chi connectivity index (χ4n) is 6.49. The average Bonchev–Trinajstić information content (AvgIpc) is 3.71. The lowest BCUT2D eigenvalue weighted by Crippen LogP contribution is -2.59. The topological polar surface area (TPSA) is 146 Å². The van der Waals surface area contributed by atoms with Gasteiger partial charge in [0.2, 0.25) is 17.7 Å². The summed E-state index contributed by atoms with van der Waals surface area (Å²) in [6.07, 6.45) is -1.06. The Labute approximate surface area is 307 Å². The number of β-amino-alcohol motifs (C(OH)–C–C–N with tert-alkyl or cyclic N) is 1. The van der Waals surface area contributed by atoms with E-state index in [1.165, 1.54) is 4.90 Å². The molecule has 3 heterocycles. The van der Waals surface area contributed by atoms with Crippen LogP contribution in [-0.4, -0.2) is 139 Å². The van der Waals surface area contributed by atoms with Crippen LogP contribution in [0.1, 0.15) is 65.3 Å². The molecule has 14 heteroatoms. The van der Waals surface area contributed by atoms with E-state index < -0.39 is 23.6 Å². The van der Waals surface area contributed by atoms with Crippen LogP contribution < -0.4 is 10.6 Å². The predicted molar refractivity (Wildman–Crippen MR) is 197 cm³/mol. The van der Waals surface area contributed by atoms with Crippen molar-refractivity contribution in [1.82, 2.24) is 30.3 Å². The van der Waals surface area contributed by atoms with E-state index in [1.807, 2.05) is 78.2 Å². The number of hydrogen-bond acceptors (Lipinski definition) is 11. The number of carbonyl (C=O) groups is 3. The van der Waals surface area contributed by atoms with E-state index in [0.29, 0.717) is 39.5 Å². The number of aromatic nitrogens is 1. The van der Waals surface area contributed by atoms with Crippen LogP contribution in [0, 0.1) is 12.3 Å². The summed E-state index contributed by atoms with van der Waals surface area (Å²) in [5.41, 5.74) is 4.16. The van der Waals surface area contributed by atoms with Crippen molar-refractivity contribution in [3.8, 4) is 10.4 Å². The third kappa shape index (κ3) is 11.8. The lowest BCUT2D eigenvalue weighted by atomic mass is 9.85. The Hall–Kier alpha value is -2.98. The van der Waals surface area contributed by atoms with Crippen LogP contribution >= 0.6 is 11.3 Å². The van der Waals surface area contributed by atoms with Crippen molar-refractivity contribution >= 4 is 29.1 Å². The molecule has 1 aromatic carbocycles. The van der Waals surface area contributed by atoms with Crippen molar-refractivity contribution in [2.75, 3.05) is 72.2 Å². The summed E-state index contributed by atoms with van der Waals surface area (Å²) < 4.78 is 16.8. The summed E-state index contributed by atoms with van der Waals surface area (Å²) in [5.74, 6) is -0.949. The van der Waals surface area contributed by atoms with Gasteiger partial charge in [0, 0.05) is 58.9 Å². The number of aliphatic hydroxyl groups is 1. The molecule has 0 spiro atoms. The van der Waals surface area contributed by atoms with Crippen molar-refractivity contribution in [2.24, 2.45) is 5.41 Å². The number of carbonyl (C=O) groups excluding carboxylic acids is 3. The number of nitrogens with zero attached hydrogens (tertiary/aromatic N) is 4. The fraction of sp³-hybridized carbons (Fsp3) is 0.676. The molecule has 0 radical (unpaired) electrons. The number of thiazole rings is 1. The molecule has 2 aliphatic rings. The van der Waals surface area contributed by atoms with Gasteiger partial charge in [0.05, 0.1) is 48.0 Å². The second-order valence-electron chi connectivity index (χ2n) is 14.4. The number of likely N-dealkylation sites (tertiary alicyclic amines) is 1. The Balaban J connectivity index is 1.27. The van der Waals surface area contributed by atoms with Gasteiger partial charge < -0.3 is 34.9 Å². The number of ether oxygens (including phenoxy) is 3. The Bertz CT molecular complexity index is 1400. The summed E-state index contributed by atoms with van der Waals surface area (Å²) in [6, 6.07) is 5.96. The van der Waals surface area contributed by atoms with Gasteiger partial charge in [-0.3, -0.25) is 24.2 Å². The Kier molecular flexibility index (Phi) is 15.4. The van der Waals surface area contributed by atoms with E-state index in [-0.39, 0.29) is 49.6 Å². The van der Waals surface area contributed by atoms with E-state index in [4.69, 9.17) is 14.2 Å². The van der Waals surface area contributed by atoms with Crippen LogP contribution in [0.25, 0.3) is 10.4 Å². The first-order valence-corrected chi connectivity index (χ1v) is 19.0. The maximum Gasteiger partial charge on any atom is 0.246 e. The molecule has 0 saturated carbocycles. The zero-order valence-corrected chi connectivity index (χ0v) is 32.2. The van der Waals surface area contributed by atoms with Crippen LogP contribution in [0.3, 0.4) is 0 Å². The van der Waals surface area contributed by atoms with Gasteiger partial charge in [-0.15, -0.1) is 11.3 Å². The molecule has 2 aromatic rings. The van der Waals surface area contributed by atoms with Gasteiger partial charge in [0.1, 0.15) is 12.1 Å². The number of amides is 3. The van der Waals surface area contributed by atoms with E-state index in [1.54, 1.807) is 11.3 Å². The highest BCUT2D eigenvalue weighted by atomic mass is 32.1. The van der Waals surface area contributed by atoms with E-state index in [9.17, 15) is 19.5 Å². The van der Waals surface area contributed by atoms with Crippen molar-refractivity contribution in [3.05, 3.63) is 41.0 Å². The molecule has 3 amide bonds. The Morgan fingerprint density at radius 3 is 2.25 bits per heavy atom. The highest BCUT2D eigenvalue weighted by Crippen LogP contribution is 2.29. The fourth-order valence-corrected chi connectivity index (χ4v) is 7.30. The van der Waals surface area contributed by atoms with Gasteiger partial charge in [-0.2, -0.15) is 0 Å². The molecule has 4 rings (SSSR count). The smallest absolute Gasteiger partial charge is 0.246 e. The Morgan fingerprint density at radius 1 is 1.02 bits per heavy atom. The van der Waals surface area contributed by atoms with Crippen molar-refractivity contribution < 1.29 is 33.7 Å². The lowest BCUT2D eigenvalue weighted by Gasteiger charge is -2.37. The van der Waals surface area contributed by atoms with Gasteiger partial charge in [-0.1, -0.05) is 45.0 Å². The van der Waals surface area contributed by atoms with E-state index in [2.05, 4.69) is 25.4 Å². The molecule has 3 N–H and O–H groups in total. The highest BCUT2D eigenvalue weighted by molar-refractivity contribution is 7.13. The number of hydrogen-bond donors (Lipinski definition) is 3. The van der Waals surface area contributed by atoms with Crippen molar-refractivity contribution in [3.63, 3.8) is 0 Å². The molecule has 2 saturated heterocycles. The standard InChI is InChI=1S/C37H58N6O7S/c1-8-49-32(50-9-2)23-48-19-18-41-14-16-42(17-15-41)22-31(45)40-34(37(5,6)7)36(47)43-21-29(44)20-30(43)35(46)39-25(3)27-10-12-28(13-11-27)33-26(4)38-24-51-33/h10-13,24-25,29-30,32,34,44H,8-9,14-23H2,1-7H3,(H,39,46)(H,40,45)/t25?,29-,30+,34?/m1/s1. The first-order valence-electron chi connectivity index (χ1n) is 18.1. The molecule has 0 aliphatic carbocycles. The SMILES string of the molecule is CCOC(COCCN1CCN(CC(=O)NC(C(=O)N2C[C@H](O)C[C@H]2C(=O)NC(C)c2ccc(-c3scnc3C)cc2)C(C)(C)C)CC1)OCC. The largest absolute Gasteiger partial charge is 0.391 e. The minimum absolute atomic E-state index is 0.0280. The predicted octanol–water partition coefficient (Wildman–Crippen LogP) is 2.82. The minimum atomic E-state index is -0.874. The second kappa shape index (κ2) is 19.2. The van der Waals surface area contributed by atoms with Gasteiger partial charge in [-0.05, 0) is 44.2 Å². The molecule has 4 atom stereocenters. The van der Waals surface area contributed by atoms with Crippen LogP contribution in [0.5, 0.6) is 0 Å². The molecular weight excluding hydrogens is 673 g/mol. The monoisotopic (exact) mass is 730 g/mol. The third-order valence-electron chi connectivity index (χ3n) is 9.40. The number of aliphatic hydroxyl groups excluding tert-OH is 1. The zero-order valence-electron chi connectivity index (χ0n) is 31.4. The molecule has 2 aliphatic heterocycles. The van der Waals surface area contributed by atoms with Gasteiger partial charge >= 0.3 is 0 Å². The van der Waals surface area contributed by atoms with Gasteiger partial charge in [-0.25, -0.2) is 4.98 Å². The number of piperazine rings is 1. The number of benzene rings is 1. The summed E-state index contributed by atoms with van der Waals surface area (Å²) >= 11 is 1.59. The summed E-state index contributed by atoms with van der Waals surface area (Å²) in [6.45, 7) is 19.5. The first kappa shape index (κ1) is 40.8. The lowest BCUT2D eigenvalue weighted by molar-refractivity contribution is -0.168. The molecular formula is C37H58N6O7S. The quantitative estimate of drug-likeness (QED) is 0.164. The van der Waals surface area contributed by atoms with Crippen LogP contribution in [0.4, 0.5) is 0 Å². The van der Waals surface area contributed by atoms with Crippen LogP contribution in [-0.2, 0) is 28.6 Å². The van der Waals surface area contributed by atoms with Gasteiger partial charge in [0.25, 0.3) is 0 Å². The molecule has 51 heavy (non-hydrogen) atoms. The normalized spacial score (nSPS) is 20.1. The summed E-state index contributed by atoms with van der Waals surface area (Å²) in [5, 5.41) is 16.6.